The molecule has 7 nitrogen and oxygen atoms in total. The number of hydrogen-bond acceptors (Lipinski definition) is 6. The summed E-state index contributed by atoms with van der Waals surface area (Å²) in [5.41, 5.74) is 3.72. The second-order valence-electron chi connectivity index (χ2n) is 6.91. The summed E-state index contributed by atoms with van der Waals surface area (Å²) in [6.45, 7) is 4.05. The van der Waals surface area contributed by atoms with Crippen molar-refractivity contribution in [3.05, 3.63) is 83.9 Å². The average Bonchev–Trinajstić information content (AvgIpc) is 3.23. The lowest BCUT2D eigenvalue weighted by atomic mass is 10.1. The third-order valence-corrected chi connectivity index (χ3v) is 5.41. The zero-order valence-corrected chi connectivity index (χ0v) is 18.0. The normalized spacial score (nSPS) is 10.6. The first-order valence-corrected chi connectivity index (χ1v) is 10.7. The predicted octanol–water partition coefficient (Wildman–Crippen LogP) is 4.80. The summed E-state index contributed by atoms with van der Waals surface area (Å²) in [5.74, 6) is 1.26. The van der Waals surface area contributed by atoms with Crippen LogP contribution in [0.3, 0.4) is 0 Å². The number of benzene rings is 3. The molecular weight excluding hydrogens is 410 g/mol. The van der Waals surface area contributed by atoms with Gasteiger partial charge >= 0.3 is 0 Å². The van der Waals surface area contributed by atoms with Gasteiger partial charge in [-0.2, -0.15) is 4.68 Å². The number of nitrogens with zero attached hydrogens (tertiary/aromatic N) is 4. The van der Waals surface area contributed by atoms with Crippen LogP contribution in [0, 0.1) is 13.8 Å². The van der Waals surface area contributed by atoms with Crippen LogP contribution in [-0.2, 0) is 4.79 Å². The summed E-state index contributed by atoms with van der Waals surface area (Å²) in [4.78, 5) is 12.6. The fourth-order valence-corrected chi connectivity index (χ4v) is 3.74. The van der Waals surface area contributed by atoms with Crippen LogP contribution < -0.4 is 10.1 Å². The number of para-hydroxylation sites is 3. The number of anilines is 1. The van der Waals surface area contributed by atoms with Crippen LogP contribution in [0.5, 0.6) is 11.5 Å². The van der Waals surface area contributed by atoms with Crippen molar-refractivity contribution in [2.75, 3.05) is 11.1 Å². The van der Waals surface area contributed by atoms with Crippen molar-refractivity contribution in [1.29, 1.82) is 0 Å². The first-order chi connectivity index (χ1) is 15.1. The predicted molar refractivity (Wildman–Crippen MR) is 121 cm³/mol. The molecule has 156 valence electrons. The molecule has 0 saturated heterocycles. The Morgan fingerprint density at radius 3 is 2.61 bits per heavy atom. The van der Waals surface area contributed by atoms with Crippen molar-refractivity contribution in [3.63, 3.8) is 0 Å². The zero-order valence-electron chi connectivity index (χ0n) is 17.1. The van der Waals surface area contributed by atoms with Crippen LogP contribution in [0.4, 0.5) is 5.69 Å². The lowest BCUT2D eigenvalue weighted by Gasteiger charge is -2.12. The number of thioether (sulfide) groups is 1. The van der Waals surface area contributed by atoms with Gasteiger partial charge in [0.1, 0.15) is 5.75 Å². The minimum Gasteiger partial charge on any atom is -0.455 e. The highest BCUT2D eigenvalue weighted by Gasteiger charge is 2.14. The van der Waals surface area contributed by atoms with E-state index in [1.165, 1.54) is 17.3 Å². The average molecular weight is 432 g/mol. The minimum absolute atomic E-state index is 0.158. The first-order valence-electron chi connectivity index (χ1n) is 9.71. The lowest BCUT2D eigenvalue weighted by Crippen LogP contribution is -2.15. The number of amides is 1. The third kappa shape index (κ3) is 5.10. The van der Waals surface area contributed by atoms with E-state index in [0.29, 0.717) is 22.3 Å². The lowest BCUT2D eigenvalue weighted by molar-refractivity contribution is -0.113. The van der Waals surface area contributed by atoms with Gasteiger partial charge in [-0.1, -0.05) is 59.8 Å². The first kappa shape index (κ1) is 20.6. The van der Waals surface area contributed by atoms with E-state index in [9.17, 15) is 4.79 Å². The molecule has 3 aromatic carbocycles. The smallest absolute Gasteiger partial charge is 0.234 e. The highest BCUT2D eigenvalue weighted by Crippen LogP contribution is 2.29. The highest BCUT2D eigenvalue weighted by molar-refractivity contribution is 7.99. The highest BCUT2D eigenvalue weighted by atomic mass is 32.2. The molecule has 0 fully saturated rings. The topological polar surface area (TPSA) is 81.9 Å². The SMILES string of the molecule is Cc1ccc(-n2nnnc2SCC(=O)Nc2ccccc2Oc2ccccc2)c(C)c1. The number of carbonyl (C=O) groups excluding carboxylic acids is 1. The number of aromatic nitrogens is 4. The number of ether oxygens (including phenoxy) is 1. The molecule has 1 amide bonds. The van der Waals surface area contributed by atoms with E-state index in [4.69, 9.17) is 4.74 Å². The summed E-state index contributed by atoms with van der Waals surface area (Å²) in [5, 5.41) is 15.4. The van der Waals surface area contributed by atoms with Gasteiger partial charge in [-0.15, -0.1) is 5.10 Å². The van der Waals surface area contributed by atoms with Crippen LogP contribution in [0.2, 0.25) is 0 Å². The second kappa shape index (κ2) is 9.44. The number of nitrogens with one attached hydrogen (secondary N) is 1. The van der Waals surface area contributed by atoms with E-state index >= 15 is 0 Å². The Morgan fingerprint density at radius 2 is 1.81 bits per heavy atom. The maximum atomic E-state index is 12.6. The summed E-state index contributed by atoms with van der Waals surface area (Å²) >= 11 is 1.27. The molecule has 4 aromatic rings. The molecule has 8 heteroatoms. The monoisotopic (exact) mass is 431 g/mol. The molecule has 0 radical (unpaired) electrons. The van der Waals surface area contributed by atoms with E-state index in [-0.39, 0.29) is 11.7 Å². The molecule has 0 aliphatic carbocycles. The molecule has 1 N–H and O–H groups in total. The third-order valence-electron chi connectivity index (χ3n) is 4.49. The minimum atomic E-state index is -0.177. The zero-order chi connectivity index (χ0) is 21.6. The van der Waals surface area contributed by atoms with Crippen molar-refractivity contribution >= 4 is 23.4 Å². The van der Waals surface area contributed by atoms with E-state index in [2.05, 4.69) is 26.9 Å². The Hall–Kier alpha value is -3.65. The maximum absolute atomic E-state index is 12.6. The van der Waals surface area contributed by atoms with Gasteiger partial charge in [0, 0.05) is 0 Å². The fourth-order valence-electron chi connectivity index (χ4n) is 3.05. The molecule has 1 heterocycles. The van der Waals surface area contributed by atoms with Gasteiger partial charge in [0.05, 0.1) is 17.1 Å². The van der Waals surface area contributed by atoms with Crippen molar-refractivity contribution in [1.82, 2.24) is 20.2 Å². The molecule has 0 saturated carbocycles. The Balaban J connectivity index is 1.43. The molecule has 0 bridgehead atoms. The van der Waals surface area contributed by atoms with Crippen molar-refractivity contribution < 1.29 is 9.53 Å². The summed E-state index contributed by atoms with van der Waals surface area (Å²) in [6, 6.07) is 22.8. The van der Waals surface area contributed by atoms with Gasteiger partial charge < -0.3 is 10.1 Å². The molecule has 0 spiro atoms. The van der Waals surface area contributed by atoms with Crippen LogP contribution in [-0.4, -0.2) is 31.9 Å². The number of rotatable bonds is 7. The molecule has 0 atom stereocenters. The van der Waals surface area contributed by atoms with Gasteiger partial charge in [-0.05, 0) is 60.2 Å². The van der Waals surface area contributed by atoms with Crippen LogP contribution >= 0.6 is 11.8 Å². The molecular formula is C23H21N5O2S. The summed E-state index contributed by atoms with van der Waals surface area (Å²) in [7, 11) is 0. The summed E-state index contributed by atoms with van der Waals surface area (Å²) in [6.07, 6.45) is 0. The Kier molecular flexibility index (Phi) is 6.28. The van der Waals surface area contributed by atoms with E-state index in [0.717, 1.165) is 11.3 Å². The number of hydrogen-bond donors (Lipinski definition) is 1. The molecule has 1 aromatic heterocycles. The molecule has 0 unspecified atom stereocenters. The maximum Gasteiger partial charge on any atom is 0.234 e. The number of aryl methyl sites for hydroxylation is 2. The molecule has 4 rings (SSSR count). The van der Waals surface area contributed by atoms with Crippen molar-refractivity contribution in [2.45, 2.75) is 19.0 Å². The van der Waals surface area contributed by atoms with Gasteiger partial charge in [-0.25, -0.2) is 0 Å². The fraction of sp³-hybridized carbons (Fsp3) is 0.130. The number of tetrazole rings is 1. The van der Waals surface area contributed by atoms with Crippen molar-refractivity contribution in [3.8, 4) is 17.2 Å². The van der Waals surface area contributed by atoms with Gasteiger partial charge in [0.2, 0.25) is 11.1 Å². The van der Waals surface area contributed by atoms with Crippen molar-refractivity contribution in [2.24, 2.45) is 0 Å². The van der Waals surface area contributed by atoms with Crippen LogP contribution in [0.25, 0.3) is 5.69 Å². The van der Waals surface area contributed by atoms with Crippen LogP contribution in [0.1, 0.15) is 11.1 Å². The second-order valence-corrected chi connectivity index (χ2v) is 7.85. The Morgan fingerprint density at radius 1 is 1.03 bits per heavy atom. The summed E-state index contributed by atoms with van der Waals surface area (Å²) < 4.78 is 7.55. The molecule has 0 aliphatic rings. The standard InChI is InChI=1S/C23H21N5O2S/c1-16-12-13-20(17(2)14-16)28-23(25-26-27-28)31-15-22(29)24-19-10-6-7-11-21(19)30-18-8-4-3-5-9-18/h3-14H,15H2,1-2H3,(H,24,29). The van der Waals surface area contributed by atoms with Gasteiger partial charge in [0.15, 0.2) is 5.75 Å². The Labute approximate surface area is 184 Å². The molecule has 0 aliphatic heterocycles. The van der Waals surface area contributed by atoms with E-state index < -0.39 is 0 Å². The number of carbonyl (C=O) groups is 1. The quantitative estimate of drug-likeness (QED) is 0.423. The van der Waals surface area contributed by atoms with Gasteiger partial charge in [0.25, 0.3) is 0 Å². The van der Waals surface area contributed by atoms with Crippen LogP contribution in [0.15, 0.2) is 78.0 Å². The largest absolute Gasteiger partial charge is 0.455 e. The van der Waals surface area contributed by atoms with E-state index in [1.54, 1.807) is 10.7 Å². The van der Waals surface area contributed by atoms with Gasteiger partial charge in [-0.3, -0.25) is 4.79 Å². The van der Waals surface area contributed by atoms with E-state index in [1.807, 2.05) is 74.5 Å². The Bertz CT molecular complexity index is 1190. The molecule has 31 heavy (non-hydrogen) atoms.